The molecule has 0 spiro atoms. The number of hydrogen-bond acceptors (Lipinski definition) is 4. The molecule has 0 saturated carbocycles. The molecule has 0 fully saturated rings. The molecule has 2 N–H and O–H groups in total. The van der Waals surface area contributed by atoms with Crippen molar-refractivity contribution in [3.63, 3.8) is 0 Å². The Hall–Kier alpha value is -2.24. The minimum atomic E-state index is -0.375. The highest BCUT2D eigenvalue weighted by atomic mass is 16.1. The summed E-state index contributed by atoms with van der Waals surface area (Å²) in [5.41, 5.74) is 7.08. The Morgan fingerprint density at radius 3 is 2.88 bits per heavy atom. The predicted molar refractivity (Wildman–Crippen MR) is 61.8 cm³/mol. The number of aromatic nitrogens is 4. The summed E-state index contributed by atoms with van der Waals surface area (Å²) in [5, 5.41) is 12.0. The molecule has 1 heterocycles. The Labute approximate surface area is 98.4 Å². The van der Waals surface area contributed by atoms with Crippen LogP contribution in [0.2, 0.25) is 0 Å². The van der Waals surface area contributed by atoms with Gasteiger partial charge in [-0.2, -0.15) is 4.80 Å². The first-order valence-corrected chi connectivity index (χ1v) is 5.29. The maximum Gasteiger partial charge on any atom is 0.219 e. The van der Waals surface area contributed by atoms with Gasteiger partial charge in [0.2, 0.25) is 11.7 Å². The van der Waals surface area contributed by atoms with Gasteiger partial charge in [0.15, 0.2) is 0 Å². The molecule has 6 heteroatoms. The number of carbonyl (C=O) groups is 1. The quantitative estimate of drug-likeness (QED) is 0.831. The van der Waals surface area contributed by atoms with E-state index in [0.717, 1.165) is 11.1 Å². The number of tetrazole rings is 1. The van der Waals surface area contributed by atoms with Crippen LogP contribution in [0.1, 0.15) is 12.0 Å². The molecule has 1 amide bonds. The van der Waals surface area contributed by atoms with Gasteiger partial charge in [-0.15, -0.1) is 10.2 Å². The summed E-state index contributed by atoms with van der Waals surface area (Å²) in [5.74, 6) is 0.187. The van der Waals surface area contributed by atoms with Crippen molar-refractivity contribution in [1.29, 1.82) is 0 Å². The number of hydrogen-bond donors (Lipinski definition) is 1. The molecule has 0 saturated heterocycles. The zero-order valence-corrected chi connectivity index (χ0v) is 9.50. The fraction of sp³-hybridized carbons (Fsp3) is 0.273. The molecule has 0 aliphatic rings. The maximum absolute atomic E-state index is 10.6. The average molecular weight is 231 g/mol. The number of aryl methyl sites for hydroxylation is 2. The van der Waals surface area contributed by atoms with E-state index < -0.39 is 0 Å². The van der Waals surface area contributed by atoms with Crippen LogP contribution < -0.4 is 5.73 Å². The Morgan fingerprint density at radius 2 is 2.18 bits per heavy atom. The summed E-state index contributed by atoms with van der Waals surface area (Å²) in [7, 11) is 0. The number of rotatable bonds is 4. The fourth-order valence-electron chi connectivity index (χ4n) is 1.48. The van der Waals surface area contributed by atoms with E-state index in [9.17, 15) is 4.79 Å². The summed E-state index contributed by atoms with van der Waals surface area (Å²) in [4.78, 5) is 12.0. The van der Waals surface area contributed by atoms with Crippen LogP contribution in [0.25, 0.3) is 11.4 Å². The van der Waals surface area contributed by atoms with Crippen molar-refractivity contribution < 1.29 is 4.79 Å². The van der Waals surface area contributed by atoms with E-state index >= 15 is 0 Å². The van der Waals surface area contributed by atoms with E-state index in [1.807, 2.05) is 31.2 Å². The first kappa shape index (κ1) is 11.3. The van der Waals surface area contributed by atoms with Crippen LogP contribution in [0.5, 0.6) is 0 Å². The maximum atomic E-state index is 10.6. The van der Waals surface area contributed by atoms with Gasteiger partial charge in [0.1, 0.15) is 0 Å². The SMILES string of the molecule is Cc1ccccc1-c1nnn(CCC(N)=O)n1. The molecule has 1 aromatic heterocycles. The van der Waals surface area contributed by atoms with Crippen molar-refractivity contribution in [3.05, 3.63) is 29.8 Å². The van der Waals surface area contributed by atoms with Crippen molar-refractivity contribution in [1.82, 2.24) is 20.2 Å². The van der Waals surface area contributed by atoms with Gasteiger partial charge >= 0.3 is 0 Å². The Kier molecular flexibility index (Phi) is 3.13. The number of carbonyl (C=O) groups excluding carboxylic acids is 1. The van der Waals surface area contributed by atoms with Gasteiger partial charge in [0, 0.05) is 12.0 Å². The molecule has 0 aliphatic heterocycles. The lowest BCUT2D eigenvalue weighted by Gasteiger charge is -1.98. The second-order valence-corrected chi connectivity index (χ2v) is 3.74. The van der Waals surface area contributed by atoms with Gasteiger partial charge in [-0.1, -0.05) is 24.3 Å². The summed E-state index contributed by atoms with van der Waals surface area (Å²) < 4.78 is 0. The minimum Gasteiger partial charge on any atom is -0.370 e. The second-order valence-electron chi connectivity index (χ2n) is 3.74. The molecule has 1 aromatic carbocycles. The molecule has 2 rings (SSSR count). The van der Waals surface area contributed by atoms with Crippen LogP contribution in [-0.2, 0) is 11.3 Å². The zero-order valence-electron chi connectivity index (χ0n) is 9.50. The van der Waals surface area contributed by atoms with Crippen molar-refractivity contribution in [2.75, 3.05) is 0 Å². The van der Waals surface area contributed by atoms with Crippen molar-refractivity contribution >= 4 is 5.91 Å². The van der Waals surface area contributed by atoms with Crippen molar-refractivity contribution in [2.24, 2.45) is 5.73 Å². The molecular weight excluding hydrogens is 218 g/mol. The average Bonchev–Trinajstić information content (AvgIpc) is 2.75. The molecule has 0 unspecified atom stereocenters. The number of amides is 1. The molecule has 2 aromatic rings. The Morgan fingerprint density at radius 1 is 1.41 bits per heavy atom. The van der Waals surface area contributed by atoms with Crippen LogP contribution in [0, 0.1) is 6.92 Å². The molecule has 0 bridgehead atoms. The molecule has 17 heavy (non-hydrogen) atoms. The normalized spacial score (nSPS) is 10.4. The van der Waals surface area contributed by atoms with Gasteiger partial charge in [-0.05, 0) is 17.7 Å². The highest BCUT2D eigenvalue weighted by Gasteiger charge is 2.08. The van der Waals surface area contributed by atoms with Gasteiger partial charge < -0.3 is 5.73 Å². The Balaban J connectivity index is 2.18. The minimum absolute atomic E-state index is 0.212. The lowest BCUT2D eigenvalue weighted by Crippen LogP contribution is -2.15. The highest BCUT2D eigenvalue weighted by molar-refractivity contribution is 5.73. The third kappa shape index (κ3) is 2.66. The van der Waals surface area contributed by atoms with E-state index in [-0.39, 0.29) is 12.3 Å². The number of nitrogens with zero attached hydrogens (tertiary/aromatic N) is 4. The second kappa shape index (κ2) is 4.73. The van der Waals surface area contributed by atoms with E-state index in [1.54, 1.807) is 0 Å². The lowest BCUT2D eigenvalue weighted by atomic mass is 10.1. The van der Waals surface area contributed by atoms with Crippen LogP contribution in [0.3, 0.4) is 0 Å². The largest absolute Gasteiger partial charge is 0.370 e. The molecule has 88 valence electrons. The summed E-state index contributed by atoms with van der Waals surface area (Å²) in [6, 6.07) is 7.80. The predicted octanol–water partition coefficient (Wildman–Crippen LogP) is 0.524. The summed E-state index contributed by atoms with van der Waals surface area (Å²) in [6.07, 6.45) is 0.212. The summed E-state index contributed by atoms with van der Waals surface area (Å²) >= 11 is 0. The van der Waals surface area contributed by atoms with E-state index in [2.05, 4.69) is 15.4 Å². The lowest BCUT2D eigenvalue weighted by molar-refractivity contribution is -0.118. The van der Waals surface area contributed by atoms with E-state index in [1.165, 1.54) is 4.80 Å². The number of benzene rings is 1. The first-order chi connectivity index (χ1) is 8.16. The van der Waals surface area contributed by atoms with Gasteiger partial charge in [0.05, 0.1) is 6.54 Å². The molecular formula is C11H13N5O. The van der Waals surface area contributed by atoms with Crippen LogP contribution >= 0.6 is 0 Å². The first-order valence-electron chi connectivity index (χ1n) is 5.29. The monoisotopic (exact) mass is 231 g/mol. The third-order valence-corrected chi connectivity index (χ3v) is 2.40. The molecule has 0 aliphatic carbocycles. The fourth-order valence-corrected chi connectivity index (χ4v) is 1.48. The molecule has 6 nitrogen and oxygen atoms in total. The number of primary amides is 1. The zero-order chi connectivity index (χ0) is 12.3. The smallest absolute Gasteiger partial charge is 0.219 e. The standard InChI is InChI=1S/C11H13N5O/c1-8-4-2-3-5-9(8)11-13-15-16(14-11)7-6-10(12)17/h2-5H,6-7H2,1H3,(H2,12,17). The topological polar surface area (TPSA) is 86.7 Å². The van der Waals surface area contributed by atoms with E-state index in [4.69, 9.17) is 5.73 Å². The van der Waals surface area contributed by atoms with Crippen LogP contribution in [0.15, 0.2) is 24.3 Å². The van der Waals surface area contributed by atoms with Gasteiger partial charge in [-0.3, -0.25) is 4.79 Å². The van der Waals surface area contributed by atoms with Gasteiger partial charge in [0.25, 0.3) is 0 Å². The van der Waals surface area contributed by atoms with Crippen LogP contribution in [0.4, 0.5) is 0 Å². The van der Waals surface area contributed by atoms with Crippen LogP contribution in [-0.4, -0.2) is 26.1 Å². The Bertz CT molecular complexity index is 534. The van der Waals surface area contributed by atoms with E-state index in [0.29, 0.717) is 12.4 Å². The molecule has 0 atom stereocenters. The highest BCUT2D eigenvalue weighted by Crippen LogP contribution is 2.17. The van der Waals surface area contributed by atoms with Crippen molar-refractivity contribution in [2.45, 2.75) is 19.9 Å². The summed E-state index contributed by atoms with van der Waals surface area (Å²) in [6.45, 7) is 2.34. The van der Waals surface area contributed by atoms with Gasteiger partial charge in [-0.25, -0.2) is 0 Å². The molecule has 0 radical (unpaired) electrons. The van der Waals surface area contributed by atoms with Crippen molar-refractivity contribution in [3.8, 4) is 11.4 Å². The third-order valence-electron chi connectivity index (χ3n) is 2.40. The number of nitrogens with two attached hydrogens (primary N) is 1.